The van der Waals surface area contributed by atoms with Gasteiger partial charge in [-0.3, -0.25) is 9.69 Å². The van der Waals surface area contributed by atoms with Crippen molar-refractivity contribution in [3.05, 3.63) is 64.7 Å². The molecule has 0 N–H and O–H groups in total. The summed E-state index contributed by atoms with van der Waals surface area (Å²) in [6.45, 7) is 11.4. The monoisotopic (exact) mass is 428 g/mol. The van der Waals surface area contributed by atoms with Crippen molar-refractivity contribution in [2.75, 3.05) is 44.2 Å². The Morgan fingerprint density at radius 2 is 1.73 bits per heavy atom. The van der Waals surface area contributed by atoms with Crippen LogP contribution in [0.15, 0.2) is 48.5 Å². The van der Waals surface area contributed by atoms with Crippen molar-refractivity contribution >= 4 is 23.3 Å². The predicted molar refractivity (Wildman–Crippen MR) is 124 cm³/mol. The van der Waals surface area contributed by atoms with E-state index < -0.39 is 0 Å². The van der Waals surface area contributed by atoms with E-state index >= 15 is 0 Å². The van der Waals surface area contributed by atoms with Crippen molar-refractivity contribution in [3.63, 3.8) is 0 Å². The van der Waals surface area contributed by atoms with Crippen molar-refractivity contribution in [1.82, 2.24) is 4.90 Å². The van der Waals surface area contributed by atoms with Gasteiger partial charge in [-0.05, 0) is 48.6 Å². The number of piperazine rings is 1. The zero-order chi connectivity index (χ0) is 21.5. The summed E-state index contributed by atoms with van der Waals surface area (Å²) in [5.74, 6) is 0.243. The molecule has 1 aliphatic rings. The molecule has 1 aliphatic heterocycles. The summed E-state index contributed by atoms with van der Waals surface area (Å²) in [7, 11) is 0. The molecule has 0 unspecified atom stereocenters. The molecule has 162 valence electrons. The van der Waals surface area contributed by atoms with Crippen molar-refractivity contribution in [1.29, 1.82) is 0 Å². The number of benzene rings is 2. The van der Waals surface area contributed by atoms with Gasteiger partial charge in [-0.15, -0.1) is 0 Å². The normalized spacial score (nSPS) is 16.0. The van der Waals surface area contributed by atoms with E-state index in [-0.39, 0.29) is 11.9 Å². The van der Waals surface area contributed by atoms with E-state index in [1.165, 1.54) is 11.3 Å². The molecule has 2 aromatic rings. The summed E-state index contributed by atoms with van der Waals surface area (Å²) in [4.78, 5) is 17.1. The lowest BCUT2D eigenvalue weighted by molar-refractivity contribution is -0.145. The average Bonchev–Trinajstić information content (AvgIpc) is 2.74. The maximum absolute atomic E-state index is 12.5. The van der Waals surface area contributed by atoms with E-state index in [9.17, 15) is 4.79 Å². The van der Waals surface area contributed by atoms with Crippen LogP contribution in [0.25, 0.3) is 0 Å². The molecule has 1 atom stereocenters. The number of rotatable bonds is 8. The average molecular weight is 429 g/mol. The molecule has 4 nitrogen and oxygen atoms in total. The topological polar surface area (TPSA) is 32.8 Å². The molecule has 0 radical (unpaired) electrons. The Bertz CT molecular complexity index is 814. The van der Waals surface area contributed by atoms with E-state index in [1.54, 1.807) is 0 Å². The minimum atomic E-state index is -0.238. The van der Waals surface area contributed by atoms with Crippen molar-refractivity contribution in [2.24, 2.45) is 5.92 Å². The van der Waals surface area contributed by atoms with E-state index in [1.807, 2.05) is 25.1 Å². The number of hydrogen-bond donors (Lipinski definition) is 0. The Morgan fingerprint density at radius 1 is 1.03 bits per heavy atom. The first-order valence-corrected chi connectivity index (χ1v) is 11.3. The van der Waals surface area contributed by atoms with Gasteiger partial charge in [0.1, 0.15) is 6.61 Å². The molecule has 0 bridgehead atoms. The lowest BCUT2D eigenvalue weighted by Crippen LogP contribution is -2.47. The summed E-state index contributed by atoms with van der Waals surface area (Å²) in [5, 5.41) is 0.769. The number of anilines is 1. The summed E-state index contributed by atoms with van der Waals surface area (Å²) in [6, 6.07) is 16.4. The molecular weight excluding hydrogens is 396 g/mol. The number of carbonyl (C=O) groups is 1. The molecule has 0 spiro atoms. The molecule has 3 rings (SSSR count). The fourth-order valence-electron chi connectivity index (χ4n) is 3.85. The van der Waals surface area contributed by atoms with Crippen LogP contribution in [0, 0.1) is 5.92 Å². The Hall–Kier alpha value is -2.04. The second-order valence-corrected chi connectivity index (χ2v) is 8.97. The maximum atomic E-state index is 12.5. The third-order valence-electron chi connectivity index (χ3n) is 5.67. The molecule has 30 heavy (non-hydrogen) atoms. The third-order valence-corrected chi connectivity index (χ3v) is 5.91. The van der Waals surface area contributed by atoms with Gasteiger partial charge >= 0.3 is 5.97 Å². The fraction of sp³-hybridized carbons (Fsp3) is 0.480. The smallest absolute Gasteiger partial charge is 0.313 e. The molecule has 0 aliphatic carbocycles. The Labute approximate surface area is 185 Å². The van der Waals surface area contributed by atoms with Crippen LogP contribution in [0.3, 0.4) is 0 Å². The summed E-state index contributed by atoms with van der Waals surface area (Å²) in [6.07, 6.45) is 1.06. The largest absolute Gasteiger partial charge is 0.464 e. The highest BCUT2D eigenvalue weighted by molar-refractivity contribution is 6.30. The summed E-state index contributed by atoms with van der Waals surface area (Å²) < 4.78 is 5.57. The van der Waals surface area contributed by atoms with Crippen molar-refractivity contribution in [2.45, 2.75) is 33.1 Å². The number of esters is 1. The van der Waals surface area contributed by atoms with Crippen LogP contribution >= 0.6 is 11.6 Å². The van der Waals surface area contributed by atoms with E-state index in [2.05, 4.69) is 54.0 Å². The molecule has 5 heteroatoms. The Kier molecular flexibility index (Phi) is 8.17. The molecule has 2 aromatic carbocycles. The van der Waals surface area contributed by atoms with Crippen LogP contribution in [0.5, 0.6) is 0 Å². The molecule has 0 saturated carbocycles. The minimum Gasteiger partial charge on any atom is -0.464 e. The van der Waals surface area contributed by atoms with Gasteiger partial charge < -0.3 is 9.64 Å². The zero-order valence-electron chi connectivity index (χ0n) is 18.3. The number of carbonyl (C=O) groups excluding carboxylic acids is 1. The van der Waals surface area contributed by atoms with Crippen molar-refractivity contribution < 1.29 is 9.53 Å². The molecule has 1 heterocycles. The summed E-state index contributed by atoms with van der Waals surface area (Å²) in [5.41, 5.74) is 3.50. The maximum Gasteiger partial charge on any atom is 0.313 e. The molecule has 1 saturated heterocycles. The van der Waals surface area contributed by atoms with E-state index in [0.29, 0.717) is 12.5 Å². The van der Waals surface area contributed by atoms with Gasteiger partial charge in [0, 0.05) is 43.4 Å². The molecule has 0 aromatic heterocycles. The second-order valence-electron chi connectivity index (χ2n) is 8.54. The van der Waals surface area contributed by atoms with Crippen LogP contribution in [0.2, 0.25) is 5.02 Å². The van der Waals surface area contributed by atoms with Gasteiger partial charge in [0.05, 0.1) is 5.92 Å². The molecule has 0 amide bonds. The standard InChI is InChI=1S/C25H33ClN2O2/c1-19(2)17-21-7-9-22(10-8-21)20(3)25(29)30-16-15-27-11-13-28(14-12-27)24-6-4-5-23(26)18-24/h4-10,18-20H,11-17H2,1-3H3/t20-/m1/s1. The van der Waals surface area contributed by atoms with Crippen molar-refractivity contribution in [3.8, 4) is 0 Å². The number of halogens is 1. The van der Waals surface area contributed by atoms with Gasteiger partial charge in [0.25, 0.3) is 0 Å². The number of nitrogens with zero attached hydrogens (tertiary/aromatic N) is 2. The number of ether oxygens (including phenoxy) is 1. The van der Waals surface area contributed by atoms with Gasteiger partial charge in [-0.2, -0.15) is 0 Å². The Balaban J connectivity index is 1.39. The quantitative estimate of drug-likeness (QED) is 0.553. The van der Waals surface area contributed by atoms with Crippen LogP contribution in [0.1, 0.15) is 37.8 Å². The first-order chi connectivity index (χ1) is 14.4. The summed E-state index contributed by atoms with van der Waals surface area (Å²) >= 11 is 6.10. The first-order valence-electron chi connectivity index (χ1n) is 10.9. The van der Waals surface area contributed by atoms with E-state index in [4.69, 9.17) is 16.3 Å². The van der Waals surface area contributed by atoms with Crippen LogP contribution in [0.4, 0.5) is 5.69 Å². The zero-order valence-corrected chi connectivity index (χ0v) is 19.1. The van der Waals surface area contributed by atoms with Gasteiger partial charge in [-0.1, -0.05) is 55.8 Å². The Morgan fingerprint density at radius 3 is 2.37 bits per heavy atom. The van der Waals surface area contributed by atoms with E-state index in [0.717, 1.165) is 49.7 Å². The molecular formula is C25H33ClN2O2. The second kappa shape index (κ2) is 10.8. The fourth-order valence-corrected chi connectivity index (χ4v) is 4.04. The van der Waals surface area contributed by atoms with Gasteiger partial charge in [0.2, 0.25) is 0 Å². The minimum absolute atomic E-state index is 0.149. The number of hydrogen-bond acceptors (Lipinski definition) is 4. The predicted octanol–water partition coefficient (Wildman–Crippen LogP) is 5.01. The molecule has 1 fully saturated rings. The SMILES string of the molecule is CC(C)Cc1ccc([C@@H](C)C(=O)OCCN2CCN(c3cccc(Cl)c3)CC2)cc1. The first kappa shape index (κ1) is 22.6. The van der Waals surface area contributed by atoms with Crippen LogP contribution in [-0.4, -0.2) is 50.2 Å². The van der Waals surface area contributed by atoms with Crippen LogP contribution in [-0.2, 0) is 16.0 Å². The highest BCUT2D eigenvalue weighted by atomic mass is 35.5. The highest BCUT2D eigenvalue weighted by Crippen LogP contribution is 2.21. The van der Waals surface area contributed by atoms with Gasteiger partial charge in [0.15, 0.2) is 0 Å². The lowest BCUT2D eigenvalue weighted by Gasteiger charge is -2.36. The highest BCUT2D eigenvalue weighted by Gasteiger charge is 2.20. The lowest BCUT2D eigenvalue weighted by atomic mass is 9.97. The van der Waals surface area contributed by atoms with Crippen LogP contribution < -0.4 is 4.90 Å². The third kappa shape index (κ3) is 6.48. The van der Waals surface area contributed by atoms with Gasteiger partial charge in [-0.25, -0.2) is 0 Å².